The Labute approximate surface area is 165 Å². The highest BCUT2D eigenvalue weighted by Crippen LogP contribution is 2.35. The number of anilines is 1. The van der Waals surface area contributed by atoms with Gasteiger partial charge in [-0.25, -0.2) is 27.9 Å². The fourth-order valence-corrected chi connectivity index (χ4v) is 3.59. The van der Waals surface area contributed by atoms with Crippen LogP contribution in [0, 0.1) is 11.8 Å². The van der Waals surface area contributed by atoms with Crippen LogP contribution in [0.5, 0.6) is 5.88 Å². The number of carboxylic acid groups (broad SMARTS) is 1. The van der Waals surface area contributed by atoms with Crippen molar-refractivity contribution in [2.75, 3.05) is 44.5 Å². The van der Waals surface area contributed by atoms with Gasteiger partial charge in [-0.3, -0.25) is 0 Å². The van der Waals surface area contributed by atoms with Gasteiger partial charge in [-0.1, -0.05) is 0 Å². The van der Waals surface area contributed by atoms with Crippen LogP contribution < -0.4 is 14.4 Å². The van der Waals surface area contributed by atoms with E-state index in [0.29, 0.717) is 24.9 Å². The molecule has 3 heterocycles. The van der Waals surface area contributed by atoms with E-state index in [9.17, 15) is 21.6 Å². The second-order valence-corrected chi connectivity index (χ2v) is 8.38. The quantitative estimate of drug-likeness (QED) is 0.653. The summed E-state index contributed by atoms with van der Waals surface area (Å²) in [6.45, 7) is 2.56. The van der Waals surface area contributed by atoms with E-state index in [1.165, 1.54) is 12.6 Å². The number of nitrogens with zero attached hydrogens (tertiary/aromatic N) is 3. The summed E-state index contributed by atoms with van der Waals surface area (Å²) in [5.41, 5.74) is 0. The third-order valence-corrected chi connectivity index (χ3v) is 5.14. The molecule has 2 N–H and O–H groups in total. The van der Waals surface area contributed by atoms with E-state index in [1.54, 1.807) is 13.2 Å². The van der Waals surface area contributed by atoms with Crippen molar-refractivity contribution in [3.63, 3.8) is 0 Å². The molecule has 1 aromatic heterocycles. The fourth-order valence-electron chi connectivity index (χ4n) is 3.07. The van der Waals surface area contributed by atoms with Gasteiger partial charge in [0, 0.05) is 37.5 Å². The Bertz CT molecular complexity index is 823. The zero-order valence-corrected chi connectivity index (χ0v) is 16.4. The standard InChI is InChI=1S/C13H20N4O4S.C2HF3O2/c1-20-13-3-12(14-8-15-13)17-5-10-9(4-16-22(2,18)19)7-21-11(10)6-17;3-2(4,5)1(6)7/h3,8-11,16H,4-7H2,1-2H3;(H,6,7)/t9-,10-,11-;/m1./s1. The Morgan fingerprint density at radius 1 is 1.41 bits per heavy atom. The van der Waals surface area contributed by atoms with Gasteiger partial charge < -0.3 is 19.5 Å². The van der Waals surface area contributed by atoms with Gasteiger partial charge in [0.1, 0.15) is 12.1 Å². The van der Waals surface area contributed by atoms with Crippen LogP contribution in [0.2, 0.25) is 0 Å². The number of carboxylic acids is 1. The number of aromatic nitrogens is 2. The number of aliphatic carboxylic acids is 1. The lowest BCUT2D eigenvalue weighted by Crippen LogP contribution is -2.33. The van der Waals surface area contributed by atoms with Crippen LogP contribution in [0.15, 0.2) is 12.4 Å². The van der Waals surface area contributed by atoms with E-state index >= 15 is 0 Å². The lowest BCUT2D eigenvalue weighted by Gasteiger charge is -2.20. The number of alkyl halides is 3. The van der Waals surface area contributed by atoms with Gasteiger partial charge in [-0.15, -0.1) is 0 Å². The van der Waals surface area contributed by atoms with Crippen molar-refractivity contribution in [3.8, 4) is 5.88 Å². The Kier molecular flexibility index (Phi) is 7.24. The molecule has 0 aliphatic carbocycles. The number of hydrogen-bond acceptors (Lipinski definition) is 8. The second kappa shape index (κ2) is 9.09. The maximum Gasteiger partial charge on any atom is 0.490 e. The van der Waals surface area contributed by atoms with Crippen molar-refractivity contribution < 1.29 is 41.0 Å². The summed E-state index contributed by atoms with van der Waals surface area (Å²) in [7, 11) is -1.60. The molecular weight excluding hydrogens is 421 g/mol. The summed E-state index contributed by atoms with van der Waals surface area (Å²) in [6, 6.07) is 1.80. The van der Waals surface area contributed by atoms with Crippen molar-refractivity contribution in [2.24, 2.45) is 11.8 Å². The molecule has 3 rings (SSSR count). The molecule has 14 heteroatoms. The van der Waals surface area contributed by atoms with Gasteiger partial charge in [0.15, 0.2) is 0 Å². The van der Waals surface area contributed by atoms with Crippen molar-refractivity contribution in [1.29, 1.82) is 0 Å². The van der Waals surface area contributed by atoms with Crippen LogP contribution >= 0.6 is 0 Å². The van der Waals surface area contributed by atoms with Crippen LogP contribution in [-0.2, 0) is 19.6 Å². The largest absolute Gasteiger partial charge is 0.490 e. The van der Waals surface area contributed by atoms with Crippen LogP contribution in [0.3, 0.4) is 0 Å². The third-order valence-electron chi connectivity index (χ3n) is 4.45. The lowest BCUT2D eigenvalue weighted by molar-refractivity contribution is -0.192. The smallest absolute Gasteiger partial charge is 0.481 e. The van der Waals surface area contributed by atoms with E-state index in [1.807, 2.05) is 0 Å². The summed E-state index contributed by atoms with van der Waals surface area (Å²) < 4.78 is 67.7. The molecule has 0 radical (unpaired) electrons. The second-order valence-electron chi connectivity index (χ2n) is 6.54. The van der Waals surface area contributed by atoms with Crippen molar-refractivity contribution in [3.05, 3.63) is 12.4 Å². The predicted molar refractivity (Wildman–Crippen MR) is 94.1 cm³/mol. The Hall–Kier alpha value is -2.19. The van der Waals surface area contributed by atoms with Gasteiger partial charge in [-0.05, 0) is 0 Å². The highest BCUT2D eigenvalue weighted by molar-refractivity contribution is 7.88. The zero-order chi connectivity index (χ0) is 21.8. The van der Waals surface area contributed by atoms with Crippen LogP contribution in [0.1, 0.15) is 0 Å². The first-order valence-electron chi connectivity index (χ1n) is 8.38. The molecule has 164 valence electrons. The summed E-state index contributed by atoms with van der Waals surface area (Å²) >= 11 is 0. The number of ether oxygens (including phenoxy) is 2. The minimum atomic E-state index is -5.08. The highest BCUT2D eigenvalue weighted by atomic mass is 32.2. The summed E-state index contributed by atoms with van der Waals surface area (Å²) in [5, 5.41) is 7.12. The number of nitrogens with one attached hydrogen (secondary N) is 1. The van der Waals surface area contributed by atoms with E-state index in [0.717, 1.165) is 18.9 Å². The maximum atomic E-state index is 11.2. The van der Waals surface area contributed by atoms with Crippen molar-refractivity contribution >= 4 is 21.8 Å². The van der Waals surface area contributed by atoms with Gasteiger partial charge in [0.25, 0.3) is 0 Å². The van der Waals surface area contributed by atoms with Crippen molar-refractivity contribution in [2.45, 2.75) is 12.3 Å². The molecule has 0 unspecified atom stereocenters. The van der Waals surface area contributed by atoms with E-state index in [2.05, 4.69) is 19.6 Å². The fraction of sp³-hybridized carbons (Fsp3) is 0.667. The minimum absolute atomic E-state index is 0.118. The minimum Gasteiger partial charge on any atom is -0.481 e. The molecule has 2 aliphatic heterocycles. The third kappa shape index (κ3) is 6.68. The molecule has 2 aliphatic rings. The average Bonchev–Trinajstić information content (AvgIpc) is 3.20. The predicted octanol–water partition coefficient (Wildman–Crippen LogP) is 0.119. The van der Waals surface area contributed by atoms with Crippen LogP contribution in [-0.4, -0.2) is 81.3 Å². The number of halogens is 3. The Balaban J connectivity index is 0.000000370. The van der Waals surface area contributed by atoms with Gasteiger partial charge in [-0.2, -0.15) is 13.2 Å². The number of carbonyl (C=O) groups is 1. The highest BCUT2D eigenvalue weighted by Gasteiger charge is 2.44. The number of sulfonamides is 1. The van der Waals surface area contributed by atoms with E-state index in [4.69, 9.17) is 19.4 Å². The molecule has 0 bridgehead atoms. The Morgan fingerprint density at radius 2 is 2.07 bits per heavy atom. The normalized spacial score (nSPS) is 23.9. The molecule has 2 saturated heterocycles. The van der Waals surface area contributed by atoms with Crippen LogP contribution in [0.4, 0.5) is 19.0 Å². The van der Waals surface area contributed by atoms with E-state index < -0.39 is 22.2 Å². The Morgan fingerprint density at radius 3 is 2.62 bits per heavy atom. The maximum absolute atomic E-state index is 11.2. The summed E-state index contributed by atoms with van der Waals surface area (Å²) in [6.07, 6.45) is -2.31. The summed E-state index contributed by atoms with van der Waals surface area (Å²) in [4.78, 5) is 19.3. The molecule has 3 atom stereocenters. The zero-order valence-electron chi connectivity index (χ0n) is 15.6. The molecule has 0 spiro atoms. The molecule has 10 nitrogen and oxygen atoms in total. The van der Waals surface area contributed by atoms with Crippen LogP contribution in [0.25, 0.3) is 0 Å². The lowest BCUT2D eigenvalue weighted by atomic mass is 9.93. The van der Waals surface area contributed by atoms with E-state index in [-0.39, 0.29) is 12.0 Å². The molecule has 0 amide bonds. The van der Waals surface area contributed by atoms with Gasteiger partial charge in [0.2, 0.25) is 15.9 Å². The topological polar surface area (TPSA) is 131 Å². The SMILES string of the molecule is COc1cc(N2C[C@@H]3[C@H](CNS(C)(=O)=O)CO[C@@H]3C2)ncn1.O=C(O)C(F)(F)F. The molecule has 1 aromatic rings. The first-order chi connectivity index (χ1) is 13.4. The first-order valence-corrected chi connectivity index (χ1v) is 10.3. The van der Waals surface area contributed by atoms with Gasteiger partial charge in [0.05, 0.1) is 26.1 Å². The van der Waals surface area contributed by atoms with Crippen molar-refractivity contribution in [1.82, 2.24) is 14.7 Å². The number of hydrogen-bond donors (Lipinski definition) is 2. The molecular formula is C15H21F3N4O6S. The molecule has 29 heavy (non-hydrogen) atoms. The molecule has 2 fully saturated rings. The number of methoxy groups -OCH3 is 1. The average molecular weight is 442 g/mol. The van der Waals surface area contributed by atoms with Gasteiger partial charge >= 0.3 is 12.1 Å². The molecule has 0 saturated carbocycles. The number of fused-ring (bicyclic) bond motifs is 1. The number of rotatable bonds is 5. The first kappa shape index (κ1) is 23.1. The molecule has 0 aromatic carbocycles. The monoisotopic (exact) mass is 442 g/mol. The summed E-state index contributed by atoms with van der Waals surface area (Å²) in [5.74, 6) is -0.936.